The lowest BCUT2D eigenvalue weighted by molar-refractivity contribution is -0.141. The number of sulfonamides is 1. The molecule has 3 aromatic rings. The molecule has 0 bridgehead atoms. The summed E-state index contributed by atoms with van der Waals surface area (Å²) in [6.45, 7) is 2.06. The summed E-state index contributed by atoms with van der Waals surface area (Å²) in [5.41, 5.74) is 1.52. The number of amides is 2. The molecule has 3 aromatic carbocycles. The average Bonchev–Trinajstić information content (AvgIpc) is 2.92. The fourth-order valence-electron chi connectivity index (χ4n) is 4.02. The van der Waals surface area contributed by atoms with E-state index in [2.05, 4.69) is 5.32 Å². The van der Waals surface area contributed by atoms with E-state index in [1.807, 2.05) is 37.3 Å². The molecule has 0 fully saturated rings. The van der Waals surface area contributed by atoms with Gasteiger partial charge in [-0.25, -0.2) is 8.42 Å². The molecule has 10 heteroatoms. The van der Waals surface area contributed by atoms with Crippen LogP contribution < -0.4 is 5.32 Å². The Morgan fingerprint density at radius 1 is 0.923 bits per heavy atom. The predicted octanol–water partition coefficient (Wildman–Crippen LogP) is 5.17. The molecule has 39 heavy (non-hydrogen) atoms. The molecule has 0 radical (unpaired) electrons. The van der Waals surface area contributed by atoms with E-state index in [-0.39, 0.29) is 23.8 Å². The van der Waals surface area contributed by atoms with Gasteiger partial charge in [-0.1, -0.05) is 85.1 Å². The number of carbonyl (C=O) groups excluding carboxylic acids is 2. The van der Waals surface area contributed by atoms with Crippen LogP contribution in [0.3, 0.4) is 0 Å². The molecule has 0 aliphatic rings. The highest BCUT2D eigenvalue weighted by Gasteiger charge is 2.33. The second-order valence-electron chi connectivity index (χ2n) is 9.18. The van der Waals surface area contributed by atoms with Gasteiger partial charge in [0, 0.05) is 36.6 Å². The third-order valence-corrected chi connectivity index (χ3v) is 8.72. The van der Waals surface area contributed by atoms with Crippen LogP contribution in [-0.4, -0.2) is 55.6 Å². The third kappa shape index (κ3) is 8.54. The van der Waals surface area contributed by atoms with Crippen LogP contribution in [0.2, 0.25) is 10.0 Å². The van der Waals surface area contributed by atoms with Crippen molar-refractivity contribution < 1.29 is 18.0 Å². The first-order chi connectivity index (χ1) is 18.6. The van der Waals surface area contributed by atoms with Crippen molar-refractivity contribution in [2.45, 2.75) is 43.7 Å². The van der Waals surface area contributed by atoms with Gasteiger partial charge in [-0.2, -0.15) is 4.31 Å². The van der Waals surface area contributed by atoms with Gasteiger partial charge in [-0.05, 0) is 47.9 Å². The first-order valence-electron chi connectivity index (χ1n) is 12.7. The lowest BCUT2D eigenvalue weighted by Crippen LogP contribution is -2.53. The summed E-state index contributed by atoms with van der Waals surface area (Å²) in [6, 6.07) is 21.3. The number of hydrogen-bond donors (Lipinski definition) is 1. The Labute approximate surface area is 240 Å². The number of halogens is 2. The van der Waals surface area contributed by atoms with Crippen molar-refractivity contribution in [3.8, 4) is 0 Å². The third-order valence-electron chi connectivity index (χ3n) is 6.28. The molecule has 2 amide bonds. The summed E-state index contributed by atoms with van der Waals surface area (Å²) >= 11 is 12.4. The van der Waals surface area contributed by atoms with Crippen molar-refractivity contribution in [2.24, 2.45) is 0 Å². The highest BCUT2D eigenvalue weighted by atomic mass is 35.5. The molecular weight excluding hydrogens is 557 g/mol. The van der Waals surface area contributed by atoms with E-state index in [0.717, 1.165) is 22.7 Å². The topological polar surface area (TPSA) is 86.8 Å². The van der Waals surface area contributed by atoms with Crippen LogP contribution in [-0.2, 0) is 32.6 Å². The van der Waals surface area contributed by atoms with Crippen LogP contribution in [0.4, 0.5) is 0 Å². The minimum absolute atomic E-state index is 0.0120. The minimum atomic E-state index is -3.99. The molecule has 1 unspecified atom stereocenters. The number of unbranched alkanes of at least 4 members (excludes halogenated alkanes) is 1. The molecule has 0 aliphatic heterocycles. The van der Waals surface area contributed by atoms with Crippen molar-refractivity contribution in [1.82, 2.24) is 14.5 Å². The fraction of sp³-hybridized carbons (Fsp3) is 0.310. The predicted molar refractivity (Wildman–Crippen MR) is 155 cm³/mol. The number of nitrogens with zero attached hydrogens (tertiary/aromatic N) is 2. The van der Waals surface area contributed by atoms with Crippen LogP contribution in [0.25, 0.3) is 0 Å². The number of carbonyl (C=O) groups is 2. The van der Waals surface area contributed by atoms with Crippen LogP contribution in [0, 0.1) is 0 Å². The maximum atomic E-state index is 13.8. The van der Waals surface area contributed by atoms with Gasteiger partial charge in [0.15, 0.2) is 0 Å². The molecule has 3 rings (SSSR count). The molecule has 0 saturated heterocycles. The fourth-order valence-corrected chi connectivity index (χ4v) is 5.46. The minimum Gasteiger partial charge on any atom is -0.354 e. The van der Waals surface area contributed by atoms with E-state index in [1.165, 1.54) is 36.2 Å². The van der Waals surface area contributed by atoms with Crippen molar-refractivity contribution >= 4 is 45.0 Å². The average molecular weight is 591 g/mol. The Balaban J connectivity index is 1.96. The molecule has 0 aromatic heterocycles. The smallest absolute Gasteiger partial charge is 0.243 e. The van der Waals surface area contributed by atoms with Crippen LogP contribution in [0.1, 0.15) is 30.9 Å². The van der Waals surface area contributed by atoms with Gasteiger partial charge >= 0.3 is 0 Å². The lowest BCUT2D eigenvalue weighted by Gasteiger charge is -2.33. The number of rotatable bonds is 13. The Hall–Kier alpha value is -2.91. The summed E-state index contributed by atoms with van der Waals surface area (Å²) in [6.07, 6.45) is 1.95. The van der Waals surface area contributed by atoms with Gasteiger partial charge in [-0.15, -0.1) is 0 Å². The van der Waals surface area contributed by atoms with Crippen molar-refractivity contribution in [3.05, 3.63) is 100 Å². The molecule has 1 atom stereocenters. The highest BCUT2D eigenvalue weighted by Crippen LogP contribution is 2.22. The van der Waals surface area contributed by atoms with E-state index in [1.54, 1.807) is 24.3 Å². The zero-order chi connectivity index (χ0) is 28.4. The molecular formula is C29H33Cl2N3O4S. The van der Waals surface area contributed by atoms with E-state index < -0.39 is 28.5 Å². The maximum Gasteiger partial charge on any atom is 0.243 e. The first-order valence-corrected chi connectivity index (χ1v) is 14.9. The summed E-state index contributed by atoms with van der Waals surface area (Å²) in [5.74, 6) is -0.836. The molecule has 0 spiro atoms. The normalized spacial score (nSPS) is 12.2. The number of nitrogens with one attached hydrogen (secondary N) is 1. The molecule has 7 nitrogen and oxygen atoms in total. The standard InChI is InChI=1S/C29H33Cl2N3O4S/c1-3-4-18-32-29(36)27(19-22-10-6-5-7-11-22)34(20-23-12-8-9-13-26(23)31)28(35)21-33(2)39(37,38)25-16-14-24(30)15-17-25/h5-17,27H,3-4,18-21H2,1-2H3,(H,32,36). The van der Waals surface area contributed by atoms with Crippen molar-refractivity contribution in [3.63, 3.8) is 0 Å². The van der Waals surface area contributed by atoms with Crippen LogP contribution in [0.15, 0.2) is 83.8 Å². The van der Waals surface area contributed by atoms with Gasteiger partial charge in [0.25, 0.3) is 0 Å². The van der Waals surface area contributed by atoms with Gasteiger partial charge in [-0.3, -0.25) is 9.59 Å². The monoisotopic (exact) mass is 589 g/mol. The van der Waals surface area contributed by atoms with E-state index >= 15 is 0 Å². The second kappa shape index (κ2) is 14.5. The zero-order valence-electron chi connectivity index (χ0n) is 22.0. The van der Waals surface area contributed by atoms with Crippen molar-refractivity contribution in [1.29, 1.82) is 0 Å². The Bertz CT molecular complexity index is 1350. The van der Waals surface area contributed by atoms with E-state index in [4.69, 9.17) is 23.2 Å². The number of benzene rings is 3. The van der Waals surface area contributed by atoms with E-state index in [9.17, 15) is 18.0 Å². The molecule has 1 N–H and O–H groups in total. The van der Waals surface area contributed by atoms with Gasteiger partial charge in [0.1, 0.15) is 6.04 Å². The molecule has 0 aliphatic carbocycles. The largest absolute Gasteiger partial charge is 0.354 e. The first kappa shape index (κ1) is 30.6. The molecule has 0 heterocycles. The summed E-state index contributed by atoms with van der Waals surface area (Å²) in [5, 5.41) is 3.79. The summed E-state index contributed by atoms with van der Waals surface area (Å²) in [7, 11) is -2.65. The van der Waals surface area contributed by atoms with Gasteiger partial charge in [0.2, 0.25) is 21.8 Å². The maximum absolute atomic E-state index is 13.8. The Kier molecular flexibility index (Phi) is 11.4. The summed E-state index contributed by atoms with van der Waals surface area (Å²) in [4.78, 5) is 28.8. The lowest BCUT2D eigenvalue weighted by atomic mass is 10.0. The van der Waals surface area contributed by atoms with Crippen molar-refractivity contribution in [2.75, 3.05) is 20.1 Å². The van der Waals surface area contributed by atoms with E-state index in [0.29, 0.717) is 22.2 Å². The second-order valence-corrected chi connectivity index (χ2v) is 12.1. The number of hydrogen-bond acceptors (Lipinski definition) is 4. The van der Waals surface area contributed by atoms with Gasteiger partial charge in [0.05, 0.1) is 11.4 Å². The van der Waals surface area contributed by atoms with Crippen LogP contribution >= 0.6 is 23.2 Å². The number of likely N-dealkylation sites (N-methyl/N-ethyl adjacent to an activating group) is 1. The van der Waals surface area contributed by atoms with Gasteiger partial charge < -0.3 is 10.2 Å². The quantitative estimate of drug-likeness (QED) is 0.279. The Morgan fingerprint density at radius 2 is 1.56 bits per heavy atom. The summed E-state index contributed by atoms with van der Waals surface area (Å²) < 4.78 is 27.4. The van der Waals surface area contributed by atoms with Crippen LogP contribution in [0.5, 0.6) is 0 Å². The SMILES string of the molecule is CCCCNC(=O)C(Cc1ccccc1)N(Cc1ccccc1Cl)C(=O)CN(C)S(=O)(=O)c1ccc(Cl)cc1. The Morgan fingerprint density at radius 3 is 2.21 bits per heavy atom. The molecule has 0 saturated carbocycles. The highest BCUT2D eigenvalue weighted by molar-refractivity contribution is 7.89. The zero-order valence-corrected chi connectivity index (χ0v) is 24.3. The molecule has 208 valence electrons.